The first-order valence-corrected chi connectivity index (χ1v) is 8.94. The molecule has 27 heavy (non-hydrogen) atoms. The van der Waals surface area contributed by atoms with Gasteiger partial charge in [-0.2, -0.15) is 0 Å². The van der Waals surface area contributed by atoms with Crippen molar-refractivity contribution in [3.05, 3.63) is 90.2 Å². The summed E-state index contributed by atoms with van der Waals surface area (Å²) in [6.45, 7) is 2.34. The fraction of sp³-hybridized carbons (Fsp3) is 0.174. The minimum absolute atomic E-state index is 0.0997. The van der Waals surface area contributed by atoms with Crippen LogP contribution in [0, 0.1) is 5.82 Å². The molecule has 0 bridgehead atoms. The van der Waals surface area contributed by atoms with Crippen molar-refractivity contribution in [2.24, 2.45) is 0 Å². The van der Waals surface area contributed by atoms with E-state index in [9.17, 15) is 9.18 Å². The van der Waals surface area contributed by atoms with E-state index in [1.165, 1.54) is 12.1 Å². The van der Waals surface area contributed by atoms with Crippen molar-refractivity contribution in [2.45, 2.75) is 19.5 Å². The number of carbonyl (C=O) groups is 1. The van der Waals surface area contributed by atoms with Crippen LogP contribution >= 0.6 is 0 Å². The summed E-state index contributed by atoms with van der Waals surface area (Å²) in [6, 6.07) is 23.8. The first-order valence-electron chi connectivity index (χ1n) is 8.94. The summed E-state index contributed by atoms with van der Waals surface area (Å²) in [6.07, 6.45) is 0. The molecule has 0 fully saturated rings. The second-order valence-corrected chi connectivity index (χ2v) is 6.62. The molecule has 1 N–H and O–H groups in total. The average Bonchev–Trinajstić information content (AvgIpc) is 2.68. The van der Waals surface area contributed by atoms with Gasteiger partial charge < -0.3 is 5.32 Å². The van der Waals surface area contributed by atoms with Crippen LogP contribution in [-0.4, -0.2) is 23.9 Å². The van der Waals surface area contributed by atoms with Crippen molar-refractivity contribution >= 4 is 11.6 Å². The number of nitrogens with one attached hydrogen (secondary N) is 1. The van der Waals surface area contributed by atoms with Crippen LogP contribution in [0.3, 0.4) is 0 Å². The topological polar surface area (TPSA) is 32.3 Å². The summed E-state index contributed by atoms with van der Waals surface area (Å²) in [4.78, 5) is 14.7. The third kappa shape index (κ3) is 4.80. The Labute approximate surface area is 159 Å². The Kier molecular flexibility index (Phi) is 5.99. The largest absolute Gasteiger partial charge is 0.324 e. The molecule has 138 valence electrons. The van der Waals surface area contributed by atoms with Crippen LogP contribution in [0.2, 0.25) is 0 Å². The summed E-state index contributed by atoms with van der Waals surface area (Å²) in [5, 5.41) is 3.03. The zero-order valence-electron chi connectivity index (χ0n) is 15.5. The van der Waals surface area contributed by atoms with E-state index in [2.05, 4.69) is 5.32 Å². The van der Waals surface area contributed by atoms with Crippen LogP contribution in [0.25, 0.3) is 11.1 Å². The van der Waals surface area contributed by atoms with E-state index in [-0.39, 0.29) is 17.8 Å². The number of nitrogens with zero attached hydrogens (tertiary/aromatic N) is 1. The predicted molar refractivity (Wildman–Crippen MR) is 108 cm³/mol. The number of rotatable bonds is 6. The molecule has 0 aromatic heterocycles. The van der Waals surface area contributed by atoms with Gasteiger partial charge in [0.25, 0.3) is 0 Å². The van der Waals surface area contributed by atoms with Crippen molar-refractivity contribution < 1.29 is 9.18 Å². The lowest BCUT2D eigenvalue weighted by Gasteiger charge is -2.24. The van der Waals surface area contributed by atoms with Crippen molar-refractivity contribution in [3.8, 4) is 11.1 Å². The Morgan fingerprint density at radius 2 is 1.70 bits per heavy atom. The Morgan fingerprint density at radius 1 is 1.00 bits per heavy atom. The number of carbonyl (C=O) groups excluding carboxylic acids is 1. The van der Waals surface area contributed by atoms with Gasteiger partial charge in [-0.25, -0.2) is 4.39 Å². The lowest BCUT2D eigenvalue weighted by molar-refractivity contribution is -0.120. The normalized spacial score (nSPS) is 12.0. The summed E-state index contributed by atoms with van der Waals surface area (Å²) in [5.74, 6) is -0.368. The maximum Gasteiger partial charge on any atom is 0.241 e. The zero-order valence-corrected chi connectivity index (χ0v) is 15.5. The van der Waals surface area contributed by atoms with Gasteiger partial charge in [-0.3, -0.25) is 9.69 Å². The van der Waals surface area contributed by atoms with E-state index in [0.29, 0.717) is 6.54 Å². The number of para-hydroxylation sites is 1. The van der Waals surface area contributed by atoms with Gasteiger partial charge >= 0.3 is 0 Å². The number of anilines is 1. The van der Waals surface area contributed by atoms with E-state index in [4.69, 9.17) is 0 Å². The third-order valence-corrected chi connectivity index (χ3v) is 4.63. The number of hydrogen-bond acceptors (Lipinski definition) is 2. The zero-order chi connectivity index (χ0) is 19.2. The highest BCUT2D eigenvalue weighted by Crippen LogP contribution is 2.27. The van der Waals surface area contributed by atoms with Gasteiger partial charge in [0, 0.05) is 17.8 Å². The molecule has 0 spiro atoms. The SMILES string of the molecule is C[C@H](C(=O)Nc1ccccc1-c1ccccc1)N(C)Cc1cccc(F)c1. The van der Waals surface area contributed by atoms with Crippen LogP contribution in [0.5, 0.6) is 0 Å². The van der Waals surface area contributed by atoms with E-state index in [0.717, 1.165) is 22.4 Å². The quantitative estimate of drug-likeness (QED) is 0.673. The second-order valence-electron chi connectivity index (χ2n) is 6.62. The smallest absolute Gasteiger partial charge is 0.241 e. The number of hydrogen-bond donors (Lipinski definition) is 1. The van der Waals surface area contributed by atoms with Crippen LogP contribution < -0.4 is 5.32 Å². The van der Waals surface area contributed by atoms with Crippen molar-refractivity contribution in [1.82, 2.24) is 4.90 Å². The van der Waals surface area contributed by atoms with Crippen LogP contribution in [0.4, 0.5) is 10.1 Å². The van der Waals surface area contributed by atoms with E-state index >= 15 is 0 Å². The standard InChI is InChI=1S/C23H23FN2O/c1-17(26(2)16-18-9-8-12-20(24)15-18)23(27)25-22-14-7-6-13-21(22)19-10-4-3-5-11-19/h3-15,17H,16H2,1-2H3,(H,25,27)/t17-/m1/s1. The van der Waals surface area contributed by atoms with Gasteiger partial charge in [-0.15, -0.1) is 0 Å². The first kappa shape index (κ1) is 18.8. The fourth-order valence-electron chi connectivity index (χ4n) is 2.96. The van der Waals surface area contributed by atoms with Crippen molar-refractivity contribution in [2.75, 3.05) is 12.4 Å². The fourth-order valence-corrected chi connectivity index (χ4v) is 2.96. The Bertz CT molecular complexity index is 911. The predicted octanol–water partition coefficient (Wildman–Crippen LogP) is 4.95. The highest BCUT2D eigenvalue weighted by Gasteiger charge is 2.19. The van der Waals surface area contributed by atoms with Crippen LogP contribution in [0.1, 0.15) is 12.5 Å². The average molecular weight is 362 g/mol. The minimum atomic E-state index is -0.364. The third-order valence-electron chi connectivity index (χ3n) is 4.63. The molecule has 0 heterocycles. The van der Waals surface area contributed by atoms with Gasteiger partial charge in [-0.05, 0) is 43.3 Å². The Balaban J connectivity index is 1.72. The lowest BCUT2D eigenvalue weighted by atomic mass is 10.0. The highest BCUT2D eigenvalue weighted by atomic mass is 19.1. The molecule has 4 heteroatoms. The minimum Gasteiger partial charge on any atom is -0.324 e. The summed E-state index contributed by atoms with van der Waals surface area (Å²) < 4.78 is 13.4. The molecule has 0 unspecified atom stereocenters. The molecule has 0 aliphatic carbocycles. The molecule has 0 saturated carbocycles. The second kappa shape index (κ2) is 8.60. The van der Waals surface area contributed by atoms with Crippen LogP contribution in [0.15, 0.2) is 78.9 Å². The van der Waals surface area contributed by atoms with Crippen molar-refractivity contribution in [3.63, 3.8) is 0 Å². The Morgan fingerprint density at radius 3 is 2.44 bits per heavy atom. The van der Waals surface area contributed by atoms with E-state index < -0.39 is 0 Å². The molecule has 3 rings (SSSR count). The molecular formula is C23H23FN2O. The molecular weight excluding hydrogens is 339 g/mol. The van der Waals surface area contributed by atoms with Gasteiger partial charge in [0.05, 0.1) is 6.04 Å². The molecule has 3 nitrogen and oxygen atoms in total. The van der Waals surface area contributed by atoms with E-state index in [1.54, 1.807) is 6.07 Å². The Hall–Kier alpha value is -2.98. The van der Waals surface area contributed by atoms with Gasteiger partial charge in [0.2, 0.25) is 5.91 Å². The number of halogens is 1. The monoisotopic (exact) mass is 362 g/mol. The van der Waals surface area contributed by atoms with Gasteiger partial charge in [0.15, 0.2) is 0 Å². The van der Waals surface area contributed by atoms with Crippen LogP contribution in [-0.2, 0) is 11.3 Å². The number of benzene rings is 3. The molecule has 0 radical (unpaired) electrons. The molecule has 1 atom stereocenters. The highest BCUT2D eigenvalue weighted by molar-refractivity contribution is 5.98. The number of amides is 1. The molecule has 0 aliphatic rings. The van der Waals surface area contributed by atoms with E-state index in [1.807, 2.05) is 79.5 Å². The first-order chi connectivity index (χ1) is 13.0. The summed E-state index contributed by atoms with van der Waals surface area (Å²) in [7, 11) is 1.86. The molecule has 0 saturated heterocycles. The lowest BCUT2D eigenvalue weighted by Crippen LogP contribution is -2.39. The van der Waals surface area contributed by atoms with Gasteiger partial charge in [-0.1, -0.05) is 60.7 Å². The molecule has 3 aromatic rings. The molecule has 1 amide bonds. The van der Waals surface area contributed by atoms with Gasteiger partial charge in [0.1, 0.15) is 5.82 Å². The van der Waals surface area contributed by atoms with Crippen molar-refractivity contribution in [1.29, 1.82) is 0 Å². The number of likely N-dealkylation sites (N-methyl/N-ethyl adjacent to an activating group) is 1. The molecule has 0 aliphatic heterocycles. The summed E-state index contributed by atoms with van der Waals surface area (Å²) in [5.41, 5.74) is 3.64. The maximum atomic E-state index is 13.4. The summed E-state index contributed by atoms with van der Waals surface area (Å²) >= 11 is 0. The molecule has 3 aromatic carbocycles. The maximum absolute atomic E-state index is 13.4.